The van der Waals surface area contributed by atoms with Crippen LogP contribution in [0.2, 0.25) is 0 Å². The summed E-state index contributed by atoms with van der Waals surface area (Å²) in [7, 11) is 0. The molecule has 3 nitrogen and oxygen atoms in total. The Balaban J connectivity index is 2.49. The molecule has 1 aliphatic rings. The molecule has 0 aromatic carbocycles. The standard InChI is InChI=1S/C12H25NO2/c1-5-12(4,8-13)15-11-6-9(2)14-10(3)7-11/h9-11H,5-8,13H2,1-4H3. The molecule has 0 aliphatic carbocycles. The van der Waals surface area contributed by atoms with Gasteiger partial charge >= 0.3 is 0 Å². The summed E-state index contributed by atoms with van der Waals surface area (Å²) in [6.07, 6.45) is 3.84. The molecule has 15 heavy (non-hydrogen) atoms. The van der Waals surface area contributed by atoms with E-state index in [-0.39, 0.29) is 5.60 Å². The van der Waals surface area contributed by atoms with Crippen molar-refractivity contribution < 1.29 is 9.47 Å². The van der Waals surface area contributed by atoms with Gasteiger partial charge in [0.1, 0.15) is 0 Å². The van der Waals surface area contributed by atoms with E-state index in [2.05, 4.69) is 27.7 Å². The van der Waals surface area contributed by atoms with Crippen LogP contribution in [0.15, 0.2) is 0 Å². The average molecular weight is 215 g/mol. The van der Waals surface area contributed by atoms with E-state index in [9.17, 15) is 0 Å². The van der Waals surface area contributed by atoms with Gasteiger partial charge in [-0.1, -0.05) is 6.92 Å². The van der Waals surface area contributed by atoms with Gasteiger partial charge in [0.25, 0.3) is 0 Å². The van der Waals surface area contributed by atoms with E-state index in [4.69, 9.17) is 15.2 Å². The van der Waals surface area contributed by atoms with Gasteiger partial charge in [-0.05, 0) is 40.0 Å². The van der Waals surface area contributed by atoms with Crippen LogP contribution in [0.4, 0.5) is 0 Å². The molecule has 3 heteroatoms. The minimum Gasteiger partial charge on any atom is -0.375 e. The average Bonchev–Trinajstić information content (AvgIpc) is 2.16. The molecule has 90 valence electrons. The van der Waals surface area contributed by atoms with E-state index < -0.39 is 0 Å². The van der Waals surface area contributed by atoms with Gasteiger partial charge in [-0.15, -0.1) is 0 Å². The molecule has 0 radical (unpaired) electrons. The number of hydrogen-bond donors (Lipinski definition) is 1. The van der Waals surface area contributed by atoms with E-state index in [1.165, 1.54) is 0 Å². The summed E-state index contributed by atoms with van der Waals surface area (Å²) >= 11 is 0. The fourth-order valence-corrected chi connectivity index (χ4v) is 2.12. The molecular formula is C12H25NO2. The predicted octanol–water partition coefficient (Wildman–Crippen LogP) is 2.09. The minimum atomic E-state index is -0.165. The van der Waals surface area contributed by atoms with Crippen molar-refractivity contribution in [3.05, 3.63) is 0 Å². The second-order valence-electron chi connectivity index (χ2n) is 4.98. The van der Waals surface area contributed by atoms with Crippen LogP contribution < -0.4 is 5.73 Å². The summed E-state index contributed by atoms with van der Waals surface area (Å²) in [5.41, 5.74) is 5.58. The van der Waals surface area contributed by atoms with Crippen LogP contribution in [0, 0.1) is 0 Å². The van der Waals surface area contributed by atoms with Gasteiger partial charge in [-0.3, -0.25) is 0 Å². The van der Waals surface area contributed by atoms with Crippen molar-refractivity contribution in [2.75, 3.05) is 6.54 Å². The van der Waals surface area contributed by atoms with Crippen LogP contribution >= 0.6 is 0 Å². The van der Waals surface area contributed by atoms with Gasteiger partial charge < -0.3 is 15.2 Å². The van der Waals surface area contributed by atoms with Crippen LogP contribution in [-0.2, 0) is 9.47 Å². The summed E-state index contributed by atoms with van der Waals surface area (Å²) < 4.78 is 11.8. The van der Waals surface area contributed by atoms with Gasteiger partial charge in [0.2, 0.25) is 0 Å². The highest BCUT2D eigenvalue weighted by atomic mass is 16.5. The number of rotatable bonds is 4. The first-order valence-electron chi connectivity index (χ1n) is 6.02. The number of hydrogen-bond acceptors (Lipinski definition) is 3. The van der Waals surface area contributed by atoms with E-state index >= 15 is 0 Å². The van der Waals surface area contributed by atoms with E-state index in [0.717, 1.165) is 19.3 Å². The molecule has 1 aliphatic heterocycles. The van der Waals surface area contributed by atoms with Crippen LogP contribution in [-0.4, -0.2) is 30.5 Å². The number of nitrogens with two attached hydrogens (primary N) is 1. The maximum Gasteiger partial charge on any atom is 0.0777 e. The lowest BCUT2D eigenvalue weighted by Crippen LogP contribution is -2.44. The molecular weight excluding hydrogens is 190 g/mol. The highest BCUT2D eigenvalue weighted by molar-refractivity contribution is 4.80. The molecule has 2 N–H and O–H groups in total. The Bertz CT molecular complexity index is 182. The first-order chi connectivity index (χ1) is 6.99. The van der Waals surface area contributed by atoms with Gasteiger partial charge in [-0.25, -0.2) is 0 Å². The first kappa shape index (κ1) is 12.9. The van der Waals surface area contributed by atoms with Crippen molar-refractivity contribution >= 4 is 0 Å². The topological polar surface area (TPSA) is 44.5 Å². The van der Waals surface area contributed by atoms with Crippen molar-refractivity contribution in [2.24, 2.45) is 5.73 Å². The van der Waals surface area contributed by atoms with Crippen LogP contribution in [0.5, 0.6) is 0 Å². The lowest BCUT2D eigenvalue weighted by molar-refractivity contribution is -0.150. The Morgan fingerprint density at radius 2 is 1.87 bits per heavy atom. The fraction of sp³-hybridized carbons (Fsp3) is 1.00. The fourth-order valence-electron chi connectivity index (χ4n) is 2.12. The Hall–Kier alpha value is -0.120. The predicted molar refractivity (Wildman–Crippen MR) is 61.9 cm³/mol. The Morgan fingerprint density at radius 3 is 2.27 bits per heavy atom. The smallest absolute Gasteiger partial charge is 0.0777 e. The lowest BCUT2D eigenvalue weighted by Gasteiger charge is -2.38. The van der Waals surface area contributed by atoms with Crippen molar-refractivity contribution in [3.63, 3.8) is 0 Å². The molecule has 0 aromatic rings. The van der Waals surface area contributed by atoms with E-state index in [1.54, 1.807) is 0 Å². The quantitative estimate of drug-likeness (QED) is 0.781. The Labute approximate surface area is 93.3 Å². The maximum absolute atomic E-state index is 6.11. The van der Waals surface area contributed by atoms with Crippen molar-refractivity contribution in [1.82, 2.24) is 0 Å². The Morgan fingerprint density at radius 1 is 1.33 bits per heavy atom. The first-order valence-corrected chi connectivity index (χ1v) is 6.02. The molecule has 1 saturated heterocycles. The van der Waals surface area contributed by atoms with Crippen LogP contribution in [0.25, 0.3) is 0 Å². The molecule has 1 heterocycles. The third-order valence-electron chi connectivity index (χ3n) is 3.29. The van der Waals surface area contributed by atoms with Crippen LogP contribution in [0.1, 0.15) is 47.0 Å². The Kier molecular flexibility index (Phi) is 4.56. The van der Waals surface area contributed by atoms with Crippen molar-refractivity contribution in [2.45, 2.75) is 70.9 Å². The lowest BCUT2D eigenvalue weighted by atomic mass is 9.99. The summed E-state index contributed by atoms with van der Waals surface area (Å²) in [6.45, 7) is 9.02. The highest BCUT2D eigenvalue weighted by Gasteiger charge is 2.31. The number of ether oxygens (including phenoxy) is 2. The second kappa shape index (κ2) is 5.28. The zero-order chi connectivity index (χ0) is 11.5. The molecule has 0 aromatic heterocycles. The van der Waals surface area contributed by atoms with Crippen LogP contribution in [0.3, 0.4) is 0 Å². The molecule has 0 saturated carbocycles. The molecule has 1 rings (SSSR count). The summed E-state index contributed by atoms with van der Waals surface area (Å²) in [5.74, 6) is 0. The third-order valence-corrected chi connectivity index (χ3v) is 3.29. The van der Waals surface area contributed by atoms with E-state index in [0.29, 0.717) is 24.9 Å². The van der Waals surface area contributed by atoms with Gasteiger partial charge in [0, 0.05) is 6.54 Å². The summed E-state index contributed by atoms with van der Waals surface area (Å²) in [6, 6.07) is 0. The SMILES string of the molecule is CCC(C)(CN)OC1CC(C)OC(C)C1. The largest absolute Gasteiger partial charge is 0.375 e. The molecule has 0 bridgehead atoms. The minimum absolute atomic E-state index is 0.165. The summed E-state index contributed by atoms with van der Waals surface area (Å²) in [5, 5.41) is 0. The third kappa shape index (κ3) is 3.74. The maximum atomic E-state index is 6.11. The van der Waals surface area contributed by atoms with Gasteiger partial charge in [-0.2, -0.15) is 0 Å². The normalized spacial score (nSPS) is 36.2. The van der Waals surface area contributed by atoms with E-state index in [1.807, 2.05) is 0 Å². The second-order valence-corrected chi connectivity index (χ2v) is 4.98. The molecule has 3 unspecified atom stereocenters. The van der Waals surface area contributed by atoms with Crippen molar-refractivity contribution in [1.29, 1.82) is 0 Å². The monoisotopic (exact) mass is 215 g/mol. The van der Waals surface area contributed by atoms with Crippen molar-refractivity contribution in [3.8, 4) is 0 Å². The van der Waals surface area contributed by atoms with Gasteiger partial charge in [0.05, 0.1) is 23.9 Å². The van der Waals surface area contributed by atoms with Gasteiger partial charge in [0.15, 0.2) is 0 Å². The molecule has 1 fully saturated rings. The molecule has 3 atom stereocenters. The molecule has 0 spiro atoms. The zero-order valence-corrected chi connectivity index (χ0v) is 10.5. The highest BCUT2D eigenvalue weighted by Crippen LogP contribution is 2.26. The zero-order valence-electron chi connectivity index (χ0n) is 10.5. The summed E-state index contributed by atoms with van der Waals surface area (Å²) in [4.78, 5) is 0. The molecule has 0 amide bonds.